The third-order valence-corrected chi connectivity index (χ3v) is 15.1. The number of aryl methyl sites for hydroxylation is 3. The van der Waals surface area contributed by atoms with E-state index < -0.39 is 60.9 Å². The Labute approximate surface area is 413 Å². The van der Waals surface area contributed by atoms with E-state index in [9.17, 15) is 47.9 Å². The van der Waals surface area contributed by atoms with E-state index in [1.807, 2.05) is 30.3 Å². The number of aromatic nitrogens is 3. The number of rotatable bonds is 18. The second kappa shape index (κ2) is 21.4. The molecule has 0 aliphatic carbocycles. The highest BCUT2D eigenvalue weighted by Crippen LogP contribution is 2.40. The van der Waals surface area contributed by atoms with Crippen molar-refractivity contribution in [2.45, 2.75) is 120 Å². The van der Waals surface area contributed by atoms with Crippen LogP contribution in [0.3, 0.4) is 0 Å². The summed E-state index contributed by atoms with van der Waals surface area (Å²) in [5.74, 6) is -1.83. The summed E-state index contributed by atoms with van der Waals surface area (Å²) in [7, 11) is -3.32. The van der Waals surface area contributed by atoms with Gasteiger partial charge in [-0.3, -0.25) is 42.5 Å². The first-order valence-corrected chi connectivity index (χ1v) is 25.9. The van der Waals surface area contributed by atoms with Gasteiger partial charge >= 0.3 is 13.3 Å². The number of carbonyl (C=O) groups is 6. The summed E-state index contributed by atoms with van der Waals surface area (Å²) < 4.78 is 20.9. The predicted octanol–water partition coefficient (Wildman–Crippen LogP) is 5.18. The molecule has 0 radical (unpaired) electrons. The minimum atomic E-state index is -5.03. The fourth-order valence-electron chi connectivity index (χ4n) is 10.1. The molecule has 5 aromatic rings. The van der Waals surface area contributed by atoms with Crippen LogP contribution in [0.15, 0.2) is 77.7 Å². The SMILES string of the molecule is C=C1CCC(n2c(=O)n(C)c3cc(CCCCc4cccc(OC[C@H](CCC(N)=O)NC(=O)[C@@H]5CC[C@@H]6CCCC[C@H](NC(=O)c7cc8cc(C(=O)P(=O)(O)O)ccc8[nH]7)C(=O)N65)c4Cl)ccc32)C(=O)N1. The number of benzene rings is 3. The molecule has 8 N–H and O–H groups in total. The normalized spacial score (nSPS) is 20.0. The Balaban J connectivity index is 0.877. The highest BCUT2D eigenvalue weighted by Gasteiger charge is 2.44. The molecule has 8 rings (SSSR count). The van der Waals surface area contributed by atoms with Gasteiger partial charge in [0.2, 0.25) is 23.6 Å². The third kappa shape index (κ3) is 11.3. The standard InChI is InChI=1S/C50H58ClN8O11P/c1-28-14-20-40(46(62)53-28)59-38-21-15-29(24-41(38)57(2)50(59)66)8-3-4-9-30-10-7-13-42(44(30)51)70-27-33(17-23-43(52)60)54-47(63)39-22-18-34-11-5-6-12-36(48(64)58(34)39)56-45(61)37-26-32-25-31(16-19-35(32)55-37)49(65)71(67,68)69/h7,10,13,15-16,19,21,24-26,33-34,36,39-40,55H,1,3-6,8-9,11-12,14,17-18,20,22-23,27H2,2H3,(H2,52,60)(H,53,62)(H,54,63)(H,56,61)(H2,67,68,69)/t33-,34-,36-,39-,40?/m0/s1. The van der Waals surface area contributed by atoms with E-state index >= 15 is 0 Å². The van der Waals surface area contributed by atoms with Gasteiger partial charge in [-0.05, 0) is 124 Å². The van der Waals surface area contributed by atoms with Gasteiger partial charge in [-0.1, -0.05) is 49.2 Å². The topological polar surface area (TPSA) is 277 Å². The molecule has 5 amide bonds. The number of piperidine rings is 1. The fourth-order valence-corrected chi connectivity index (χ4v) is 10.8. The van der Waals surface area contributed by atoms with Crippen molar-refractivity contribution in [1.82, 2.24) is 35.0 Å². The Morgan fingerprint density at radius 3 is 2.49 bits per heavy atom. The van der Waals surface area contributed by atoms with Crippen molar-refractivity contribution >= 4 is 76.2 Å². The van der Waals surface area contributed by atoms with Gasteiger partial charge in [-0.25, -0.2) is 4.79 Å². The predicted molar refractivity (Wildman–Crippen MR) is 265 cm³/mol. The van der Waals surface area contributed by atoms with Crippen LogP contribution in [0.1, 0.15) is 115 Å². The van der Waals surface area contributed by atoms with Gasteiger partial charge in [0.05, 0.1) is 22.1 Å². The molecule has 376 valence electrons. The summed E-state index contributed by atoms with van der Waals surface area (Å²) in [6.45, 7) is 3.80. The number of nitrogens with one attached hydrogen (secondary N) is 4. The average molecular weight is 1010 g/mol. The van der Waals surface area contributed by atoms with Crippen molar-refractivity contribution < 1.29 is 47.9 Å². The Morgan fingerprint density at radius 2 is 1.73 bits per heavy atom. The summed E-state index contributed by atoms with van der Waals surface area (Å²) in [5, 5.41) is 9.39. The zero-order valence-corrected chi connectivity index (χ0v) is 40.9. The summed E-state index contributed by atoms with van der Waals surface area (Å²) in [4.78, 5) is 115. The van der Waals surface area contributed by atoms with Crippen LogP contribution in [0.5, 0.6) is 5.75 Å². The smallest absolute Gasteiger partial charge is 0.396 e. The molecule has 19 nitrogen and oxygen atoms in total. The maximum absolute atomic E-state index is 14.3. The lowest BCUT2D eigenvalue weighted by molar-refractivity contribution is -0.143. The molecule has 5 heterocycles. The lowest BCUT2D eigenvalue weighted by Gasteiger charge is -2.35. The Bertz CT molecular complexity index is 3050. The molecule has 3 aliphatic rings. The summed E-state index contributed by atoms with van der Waals surface area (Å²) in [6.07, 6.45) is 7.66. The van der Waals surface area contributed by atoms with Crippen LogP contribution in [-0.2, 0) is 43.6 Å². The van der Waals surface area contributed by atoms with Crippen molar-refractivity contribution in [3.63, 3.8) is 0 Å². The molecule has 0 bridgehead atoms. The first-order chi connectivity index (χ1) is 33.9. The third-order valence-electron chi connectivity index (χ3n) is 13.8. The molecule has 21 heteroatoms. The van der Waals surface area contributed by atoms with E-state index in [1.165, 1.54) is 24.3 Å². The zero-order chi connectivity index (χ0) is 50.7. The number of fused-ring (bicyclic) bond motifs is 3. The maximum Gasteiger partial charge on any atom is 0.396 e. The van der Waals surface area contributed by atoms with Crippen LogP contribution >= 0.6 is 19.2 Å². The number of carbonyl (C=O) groups excluding carboxylic acids is 6. The van der Waals surface area contributed by atoms with Gasteiger partial charge in [-0.15, -0.1) is 0 Å². The van der Waals surface area contributed by atoms with E-state index in [0.29, 0.717) is 84.3 Å². The summed E-state index contributed by atoms with van der Waals surface area (Å²) in [6, 6.07) is 13.4. The number of imidazole rings is 1. The first kappa shape index (κ1) is 50.8. The van der Waals surface area contributed by atoms with Gasteiger partial charge in [0.25, 0.3) is 11.4 Å². The second-order valence-corrected chi connectivity index (χ2v) is 20.6. The summed E-state index contributed by atoms with van der Waals surface area (Å²) >= 11 is 6.90. The Hall–Kier alpha value is -6.53. The van der Waals surface area contributed by atoms with Crippen molar-refractivity contribution in [1.29, 1.82) is 0 Å². The number of H-pyrrole nitrogens is 1. The van der Waals surface area contributed by atoms with Gasteiger partial charge in [0.15, 0.2) is 0 Å². The van der Waals surface area contributed by atoms with Crippen LogP contribution in [0.25, 0.3) is 21.9 Å². The number of nitrogens with two attached hydrogens (primary N) is 1. The van der Waals surface area contributed by atoms with Gasteiger partial charge < -0.3 is 46.1 Å². The molecule has 5 atom stereocenters. The highest BCUT2D eigenvalue weighted by molar-refractivity contribution is 7.70. The van der Waals surface area contributed by atoms with E-state index in [1.54, 1.807) is 27.1 Å². The van der Waals surface area contributed by atoms with Gasteiger partial charge in [0, 0.05) is 41.7 Å². The molecular weight excluding hydrogens is 955 g/mol. The molecule has 3 saturated heterocycles. The molecule has 3 aliphatic heterocycles. The monoisotopic (exact) mass is 1010 g/mol. The largest absolute Gasteiger partial charge is 0.490 e. The first-order valence-electron chi connectivity index (χ1n) is 23.9. The molecule has 3 aromatic carbocycles. The van der Waals surface area contributed by atoms with Gasteiger partial charge in [-0.2, -0.15) is 0 Å². The summed E-state index contributed by atoms with van der Waals surface area (Å²) in [5.41, 5.74) is 8.26. The van der Waals surface area contributed by atoms with E-state index in [2.05, 4.69) is 27.5 Å². The molecule has 71 heavy (non-hydrogen) atoms. The van der Waals surface area contributed by atoms with Crippen molar-refractivity contribution in [3.8, 4) is 5.75 Å². The van der Waals surface area contributed by atoms with Crippen LogP contribution in [0.2, 0.25) is 5.02 Å². The van der Waals surface area contributed by atoms with E-state index in [0.717, 1.165) is 42.3 Å². The minimum Gasteiger partial charge on any atom is -0.490 e. The number of primary amides is 1. The lowest BCUT2D eigenvalue weighted by Crippen LogP contribution is -2.57. The van der Waals surface area contributed by atoms with Crippen molar-refractivity contribution in [2.75, 3.05) is 6.61 Å². The molecular formula is C50H58ClN8O11P. The van der Waals surface area contributed by atoms with Crippen LogP contribution in [0, 0.1) is 0 Å². The van der Waals surface area contributed by atoms with Crippen LogP contribution < -0.4 is 32.1 Å². The highest BCUT2D eigenvalue weighted by atomic mass is 35.5. The van der Waals surface area contributed by atoms with E-state index in [-0.39, 0.29) is 48.3 Å². The van der Waals surface area contributed by atoms with Crippen molar-refractivity contribution in [2.24, 2.45) is 12.8 Å². The number of nitrogens with zero attached hydrogens (tertiary/aromatic N) is 3. The molecule has 1 unspecified atom stereocenters. The molecule has 0 saturated carbocycles. The van der Waals surface area contributed by atoms with Crippen molar-refractivity contribution in [3.05, 3.63) is 111 Å². The zero-order valence-electron chi connectivity index (χ0n) is 39.3. The lowest BCUT2D eigenvalue weighted by atomic mass is 9.98. The van der Waals surface area contributed by atoms with Crippen LogP contribution in [-0.4, -0.2) is 94.6 Å². The number of unbranched alkanes of at least 4 members (excludes halogenated alkanes) is 1. The van der Waals surface area contributed by atoms with Crippen LogP contribution in [0.4, 0.5) is 0 Å². The number of ether oxygens (including phenoxy) is 1. The Morgan fingerprint density at radius 1 is 0.958 bits per heavy atom. The maximum atomic E-state index is 14.3. The fraction of sp³-hybridized carbons (Fsp3) is 0.420. The van der Waals surface area contributed by atoms with E-state index in [4.69, 9.17) is 22.1 Å². The molecule has 3 fully saturated rings. The minimum absolute atomic E-state index is 0.0373. The number of allylic oxidation sites excluding steroid dienone is 1. The second-order valence-electron chi connectivity index (χ2n) is 18.8. The molecule has 0 spiro atoms. The average Bonchev–Trinajstić information content (AvgIpc) is 4.02. The number of halogens is 1. The number of hydrogen-bond donors (Lipinski definition) is 7. The number of aromatic amines is 1. The van der Waals surface area contributed by atoms with Gasteiger partial charge in [0.1, 0.15) is 36.2 Å². The number of hydrogen-bond acceptors (Lipinski definition) is 9. The number of amides is 5. The molecule has 2 aromatic heterocycles. The quantitative estimate of drug-likeness (QED) is 0.0444. The Kier molecular flexibility index (Phi) is 15.4.